The molecule has 0 radical (unpaired) electrons. The van der Waals surface area contributed by atoms with Gasteiger partial charge in [0.25, 0.3) is 0 Å². The van der Waals surface area contributed by atoms with Gasteiger partial charge in [0.2, 0.25) is 0 Å². The molecule has 4 nitrogen and oxygen atoms in total. The lowest BCUT2D eigenvalue weighted by Gasteiger charge is -2.06. The summed E-state index contributed by atoms with van der Waals surface area (Å²) in [5, 5.41) is 0. The zero-order chi connectivity index (χ0) is 7.40. The smallest absolute Gasteiger partial charge is 0.192 e. The van der Waals surface area contributed by atoms with Crippen molar-refractivity contribution in [3.8, 4) is 0 Å². The van der Waals surface area contributed by atoms with Crippen LogP contribution in [0.15, 0.2) is 9.98 Å². The highest BCUT2D eigenvalue weighted by Gasteiger charge is 2.02. The molecule has 0 atom stereocenters. The number of hydrogen-bond donors (Lipinski definition) is 2. The monoisotopic (exact) mass is 140 g/mol. The summed E-state index contributed by atoms with van der Waals surface area (Å²) in [4.78, 5) is 8.00. The van der Waals surface area contributed by atoms with E-state index in [9.17, 15) is 0 Å². The number of guanidine groups is 1. The standard InChI is InChI=1S/C6H12N4/c7-6(8)10-5-3-1-2-4-9-5/h1-4H2,(H4,7,8,9,10). The molecule has 1 aliphatic heterocycles. The topological polar surface area (TPSA) is 76.8 Å². The van der Waals surface area contributed by atoms with E-state index in [1.165, 1.54) is 0 Å². The fourth-order valence-corrected chi connectivity index (χ4v) is 0.922. The Kier molecular flexibility index (Phi) is 2.25. The van der Waals surface area contributed by atoms with Gasteiger partial charge in [-0.05, 0) is 12.8 Å². The second-order valence-electron chi connectivity index (χ2n) is 2.29. The zero-order valence-corrected chi connectivity index (χ0v) is 5.88. The van der Waals surface area contributed by atoms with Crippen LogP contribution in [0, 0.1) is 0 Å². The summed E-state index contributed by atoms with van der Waals surface area (Å²) >= 11 is 0. The van der Waals surface area contributed by atoms with Gasteiger partial charge in [-0.1, -0.05) is 0 Å². The van der Waals surface area contributed by atoms with Crippen molar-refractivity contribution in [3.05, 3.63) is 0 Å². The lowest BCUT2D eigenvalue weighted by molar-refractivity contribution is 0.733. The number of nitrogens with zero attached hydrogens (tertiary/aromatic N) is 2. The predicted molar refractivity (Wildman–Crippen MR) is 42.0 cm³/mol. The summed E-state index contributed by atoms with van der Waals surface area (Å²) in [6.07, 6.45) is 3.22. The van der Waals surface area contributed by atoms with E-state index in [2.05, 4.69) is 9.98 Å². The van der Waals surface area contributed by atoms with E-state index in [0.717, 1.165) is 31.6 Å². The average Bonchev–Trinajstić information content (AvgIpc) is 1.88. The van der Waals surface area contributed by atoms with Crippen molar-refractivity contribution in [3.63, 3.8) is 0 Å². The molecule has 0 bridgehead atoms. The molecule has 0 aromatic heterocycles. The van der Waals surface area contributed by atoms with Crippen LogP contribution < -0.4 is 11.5 Å². The Balaban J connectivity index is 2.54. The zero-order valence-electron chi connectivity index (χ0n) is 5.88. The Bertz CT molecular complexity index is 167. The molecule has 4 heteroatoms. The number of amidine groups is 1. The molecule has 0 spiro atoms. The van der Waals surface area contributed by atoms with Crippen molar-refractivity contribution in [2.24, 2.45) is 21.5 Å². The molecule has 0 aliphatic carbocycles. The third-order valence-electron chi connectivity index (χ3n) is 1.36. The third kappa shape index (κ3) is 2.05. The molecule has 0 aromatic rings. The fraction of sp³-hybridized carbons (Fsp3) is 0.667. The summed E-state index contributed by atoms with van der Waals surface area (Å²) in [5.41, 5.74) is 10.3. The third-order valence-corrected chi connectivity index (χ3v) is 1.36. The molecule has 0 amide bonds. The molecule has 0 saturated carbocycles. The highest BCUT2D eigenvalue weighted by molar-refractivity contribution is 5.94. The van der Waals surface area contributed by atoms with Gasteiger partial charge in [0.05, 0.1) is 0 Å². The van der Waals surface area contributed by atoms with Crippen LogP contribution in [0.5, 0.6) is 0 Å². The van der Waals surface area contributed by atoms with E-state index >= 15 is 0 Å². The summed E-state index contributed by atoms with van der Waals surface area (Å²) in [7, 11) is 0. The van der Waals surface area contributed by atoms with E-state index in [-0.39, 0.29) is 5.96 Å². The van der Waals surface area contributed by atoms with Gasteiger partial charge >= 0.3 is 0 Å². The van der Waals surface area contributed by atoms with Gasteiger partial charge in [0.1, 0.15) is 5.84 Å². The highest BCUT2D eigenvalue weighted by atomic mass is 15.0. The minimum absolute atomic E-state index is 0.112. The van der Waals surface area contributed by atoms with Gasteiger partial charge in [0, 0.05) is 13.0 Å². The van der Waals surface area contributed by atoms with Gasteiger partial charge in [0.15, 0.2) is 5.96 Å². The quantitative estimate of drug-likeness (QED) is 0.362. The molecule has 10 heavy (non-hydrogen) atoms. The Morgan fingerprint density at radius 3 is 2.70 bits per heavy atom. The molecular weight excluding hydrogens is 128 g/mol. The van der Waals surface area contributed by atoms with E-state index < -0.39 is 0 Å². The first-order valence-electron chi connectivity index (χ1n) is 3.42. The summed E-state index contributed by atoms with van der Waals surface area (Å²) in [6, 6.07) is 0. The highest BCUT2D eigenvalue weighted by Crippen LogP contribution is 2.05. The maximum absolute atomic E-state index is 5.17. The van der Waals surface area contributed by atoms with Crippen LogP contribution in [-0.2, 0) is 0 Å². The van der Waals surface area contributed by atoms with Gasteiger partial charge in [-0.3, -0.25) is 4.99 Å². The van der Waals surface area contributed by atoms with Crippen LogP contribution in [0.1, 0.15) is 19.3 Å². The largest absolute Gasteiger partial charge is 0.370 e. The first-order valence-corrected chi connectivity index (χ1v) is 3.42. The minimum Gasteiger partial charge on any atom is -0.370 e. The average molecular weight is 140 g/mol. The van der Waals surface area contributed by atoms with Crippen LogP contribution in [0.4, 0.5) is 0 Å². The Hall–Kier alpha value is -1.06. The molecule has 1 rings (SSSR count). The molecule has 4 N–H and O–H groups in total. The second kappa shape index (κ2) is 3.20. The fourth-order valence-electron chi connectivity index (χ4n) is 0.922. The molecule has 1 heterocycles. The van der Waals surface area contributed by atoms with Crippen LogP contribution in [0.3, 0.4) is 0 Å². The number of rotatable bonds is 0. The predicted octanol–water partition coefficient (Wildman–Crippen LogP) is -0.158. The van der Waals surface area contributed by atoms with Gasteiger partial charge in [-0.2, -0.15) is 0 Å². The first kappa shape index (κ1) is 7.05. The second-order valence-corrected chi connectivity index (χ2v) is 2.29. The van der Waals surface area contributed by atoms with Crippen LogP contribution in [0.25, 0.3) is 0 Å². The van der Waals surface area contributed by atoms with Crippen molar-refractivity contribution in [2.45, 2.75) is 19.3 Å². The van der Waals surface area contributed by atoms with Crippen molar-refractivity contribution < 1.29 is 0 Å². The molecule has 1 aliphatic rings. The molecule has 0 aromatic carbocycles. The maximum atomic E-state index is 5.17. The van der Waals surface area contributed by atoms with Crippen LogP contribution in [-0.4, -0.2) is 18.3 Å². The van der Waals surface area contributed by atoms with Crippen LogP contribution >= 0.6 is 0 Å². The number of hydrogen-bond acceptors (Lipinski definition) is 2. The lowest BCUT2D eigenvalue weighted by Crippen LogP contribution is -2.24. The van der Waals surface area contributed by atoms with E-state index in [1.807, 2.05) is 0 Å². The summed E-state index contributed by atoms with van der Waals surface area (Å²) in [5.74, 6) is 0.909. The van der Waals surface area contributed by atoms with Gasteiger partial charge in [-0.25, -0.2) is 4.99 Å². The Morgan fingerprint density at radius 1 is 1.40 bits per heavy atom. The first-order chi connectivity index (χ1) is 4.79. The van der Waals surface area contributed by atoms with E-state index in [0.29, 0.717) is 0 Å². The van der Waals surface area contributed by atoms with Gasteiger partial charge < -0.3 is 11.5 Å². The normalized spacial score (nSPS) is 17.8. The molecular formula is C6H12N4. The SMILES string of the molecule is NC(N)=NC1=NCCCC1. The van der Waals surface area contributed by atoms with E-state index in [1.54, 1.807) is 0 Å². The molecule has 0 fully saturated rings. The van der Waals surface area contributed by atoms with Crippen molar-refractivity contribution >= 4 is 11.8 Å². The number of nitrogens with two attached hydrogens (primary N) is 2. The number of aliphatic imine (C=N–C) groups is 2. The maximum Gasteiger partial charge on any atom is 0.192 e. The summed E-state index contributed by atoms with van der Waals surface area (Å²) < 4.78 is 0. The van der Waals surface area contributed by atoms with Gasteiger partial charge in [-0.15, -0.1) is 0 Å². The molecule has 56 valence electrons. The van der Waals surface area contributed by atoms with E-state index in [4.69, 9.17) is 11.5 Å². The molecule has 0 unspecified atom stereocenters. The minimum atomic E-state index is 0.112. The van der Waals surface area contributed by atoms with Crippen LogP contribution in [0.2, 0.25) is 0 Å². The van der Waals surface area contributed by atoms with Crippen molar-refractivity contribution in [1.29, 1.82) is 0 Å². The van der Waals surface area contributed by atoms with Crippen molar-refractivity contribution in [1.82, 2.24) is 0 Å². The lowest BCUT2D eigenvalue weighted by atomic mass is 10.2. The Labute approximate surface area is 60.0 Å². The Morgan fingerprint density at radius 2 is 2.20 bits per heavy atom. The molecule has 0 saturated heterocycles. The van der Waals surface area contributed by atoms with Crippen molar-refractivity contribution in [2.75, 3.05) is 6.54 Å². The summed E-state index contributed by atoms with van der Waals surface area (Å²) in [6.45, 7) is 0.867.